The molecule has 2 aromatic rings. The molecule has 0 radical (unpaired) electrons. The van der Waals surface area contributed by atoms with Gasteiger partial charge in [0.2, 0.25) is 5.91 Å². The van der Waals surface area contributed by atoms with Crippen LogP contribution in [0.3, 0.4) is 0 Å². The van der Waals surface area contributed by atoms with Gasteiger partial charge >= 0.3 is 0 Å². The predicted molar refractivity (Wildman–Crippen MR) is 98.3 cm³/mol. The molecule has 0 unspecified atom stereocenters. The Morgan fingerprint density at radius 3 is 2.52 bits per heavy atom. The Balaban J connectivity index is 1.94. The van der Waals surface area contributed by atoms with Crippen LogP contribution in [0.4, 0.5) is 11.4 Å². The molecule has 0 N–H and O–H groups in total. The molecule has 0 bridgehead atoms. The summed E-state index contributed by atoms with van der Waals surface area (Å²) < 4.78 is 24.7. The number of benzene rings is 1. The number of rotatable bonds is 5. The van der Waals surface area contributed by atoms with Crippen LogP contribution in [0.5, 0.6) is 0 Å². The van der Waals surface area contributed by atoms with Gasteiger partial charge in [0.25, 0.3) is 11.2 Å². The summed E-state index contributed by atoms with van der Waals surface area (Å²) in [5.74, 6) is -0.673. The van der Waals surface area contributed by atoms with E-state index in [2.05, 4.69) is 0 Å². The first-order valence-electron chi connectivity index (χ1n) is 8.19. The summed E-state index contributed by atoms with van der Waals surface area (Å²) in [6.45, 7) is -0.425. The number of hydrogen-bond donors (Lipinski definition) is 0. The van der Waals surface area contributed by atoms with Gasteiger partial charge in [0.05, 0.1) is 28.7 Å². The second kappa shape index (κ2) is 7.31. The topological polar surface area (TPSA) is 120 Å². The second-order valence-corrected chi connectivity index (χ2v) is 8.50. The predicted octanol–water partition coefficient (Wildman–Crippen LogP) is 0.977. The summed E-state index contributed by atoms with van der Waals surface area (Å²) in [5.41, 5.74) is -0.346. The number of carbonyl (C=O) groups excluding carboxylic acids is 1. The van der Waals surface area contributed by atoms with E-state index in [-0.39, 0.29) is 17.2 Å². The molecule has 1 aliphatic rings. The fourth-order valence-corrected chi connectivity index (χ4v) is 4.80. The van der Waals surface area contributed by atoms with Gasteiger partial charge in [0.15, 0.2) is 9.84 Å². The Bertz CT molecular complexity index is 1030. The molecule has 1 aliphatic heterocycles. The van der Waals surface area contributed by atoms with Gasteiger partial charge in [-0.3, -0.25) is 24.3 Å². The van der Waals surface area contributed by atoms with Crippen LogP contribution < -0.4 is 10.5 Å². The van der Waals surface area contributed by atoms with E-state index in [4.69, 9.17) is 0 Å². The minimum Gasteiger partial charge on any atom is -0.307 e. The molecule has 0 spiro atoms. The van der Waals surface area contributed by atoms with Gasteiger partial charge in [-0.05, 0) is 18.6 Å². The normalized spacial score (nSPS) is 18.1. The Kier molecular flexibility index (Phi) is 5.08. The summed E-state index contributed by atoms with van der Waals surface area (Å²) in [7, 11) is -3.23. The Labute approximate surface area is 154 Å². The van der Waals surface area contributed by atoms with Crippen molar-refractivity contribution in [3.8, 4) is 0 Å². The standard InChI is InChI=1S/C17H17N3O6S/c21-16-7-6-14(20(23)24)10-18(16)11-17(22)19(13-4-2-1-3-5-13)15-8-9-27(25,26)12-15/h1-7,10,15H,8-9,11-12H2/t15-/m0/s1. The summed E-state index contributed by atoms with van der Waals surface area (Å²) in [6.07, 6.45) is 1.31. The van der Waals surface area contributed by atoms with Gasteiger partial charge in [0, 0.05) is 17.8 Å². The number of para-hydroxylation sites is 1. The molecule has 0 aliphatic carbocycles. The molecule has 3 rings (SSSR count). The number of amides is 1. The fraction of sp³-hybridized carbons (Fsp3) is 0.294. The number of sulfone groups is 1. The zero-order valence-corrected chi connectivity index (χ0v) is 15.0. The number of pyridine rings is 1. The lowest BCUT2D eigenvalue weighted by atomic mass is 10.1. The molecule has 1 saturated heterocycles. The maximum absolute atomic E-state index is 12.9. The number of anilines is 1. The van der Waals surface area contributed by atoms with E-state index in [1.54, 1.807) is 30.3 Å². The summed E-state index contributed by atoms with van der Waals surface area (Å²) in [6, 6.07) is 10.1. The third-order valence-electron chi connectivity index (χ3n) is 4.36. The van der Waals surface area contributed by atoms with Crippen molar-refractivity contribution in [3.63, 3.8) is 0 Å². The molecule has 1 aromatic carbocycles. The van der Waals surface area contributed by atoms with E-state index in [0.29, 0.717) is 12.1 Å². The highest BCUT2D eigenvalue weighted by Crippen LogP contribution is 2.25. The quantitative estimate of drug-likeness (QED) is 0.553. The van der Waals surface area contributed by atoms with Gasteiger partial charge < -0.3 is 4.90 Å². The minimum atomic E-state index is -3.23. The van der Waals surface area contributed by atoms with E-state index in [1.807, 2.05) is 0 Å². The molecule has 9 nitrogen and oxygen atoms in total. The van der Waals surface area contributed by atoms with Gasteiger partial charge in [-0.25, -0.2) is 8.42 Å². The van der Waals surface area contributed by atoms with Crippen molar-refractivity contribution < 1.29 is 18.1 Å². The van der Waals surface area contributed by atoms with E-state index >= 15 is 0 Å². The lowest BCUT2D eigenvalue weighted by molar-refractivity contribution is -0.385. The third-order valence-corrected chi connectivity index (χ3v) is 6.11. The van der Waals surface area contributed by atoms with E-state index in [1.165, 1.54) is 4.90 Å². The number of aromatic nitrogens is 1. The van der Waals surface area contributed by atoms with Gasteiger partial charge in [-0.15, -0.1) is 0 Å². The highest BCUT2D eigenvalue weighted by atomic mass is 32.2. The van der Waals surface area contributed by atoms with Crippen molar-refractivity contribution in [2.45, 2.75) is 19.0 Å². The van der Waals surface area contributed by atoms with Gasteiger partial charge in [0.1, 0.15) is 6.54 Å². The fourth-order valence-electron chi connectivity index (χ4n) is 3.10. The van der Waals surface area contributed by atoms with Crippen molar-refractivity contribution in [1.82, 2.24) is 4.57 Å². The zero-order chi connectivity index (χ0) is 19.6. The van der Waals surface area contributed by atoms with E-state index in [0.717, 1.165) is 22.9 Å². The molecule has 0 saturated carbocycles. The molecule has 142 valence electrons. The lowest BCUT2D eigenvalue weighted by Gasteiger charge is -2.28. The summed E-state index contributed by atoms with van der Waals surface area (Å²) >= 11 is 0. The first-order valence-corrected chi connectivity index (χ1v) is 10.0. The summed E-state index contributed by atoms with van der Waals surface area (Å²) in [5, 5.41) is 10.9. The molecule has 1 amide bonds. The molecule has 10 heteroatoms. The van der Waals surface area contributed by atoms with Crippen molar-refractivity contribution >= 4 is 27.1 Å². The van der Waals surface area contributed by atoms with Crippen LogP contribution in [0.1, 0.15) is 6.42 Å². The molecule has 27 heavy (non-hydrogen) atoms. The molecular weight excluding hydrogens is 374 g/mol. The van der Waals surface area contributed by atoms with Crippen LogP contribution in [0.15, 0.2) is 53.5 Å². The third kappa shape index (κ3) is 4.22. The van der Waals surface area contributed by atoms with Gasteiger partial charge in [-0.1, -0.05) is 18.2 Å². The monoisotopic (exact) mass is 391 g/mol. The summed E-state index contributed by atoms with van der Waals surface area (Å²) in [4.78, 5) is 36.6. The maximum Gasteiger partial charge on any atom is 0.285 e. The molecular formula is C17H17N3O6S. The number of nitro groups is 1. The highest BCUT2D eigenvalue weighted by molar-refractivity contribution is 7.91. The molecule has 1 aromatic heterocycles. The Morgan fingerprint density at radius 1 is 1.22 bits per heavy atom. The SMILES string of the molecule is O=C(Cn1cc([N+](=O)[O-])ccc1=O)N(c1ccccc1)[C@H]1CCS(=O)(=O)C1. The number of hydrogen-bond acceptors (Lipinski definition) is 6. The number of carbonyl (C=O) groups is 1. The lowest BCUT2D eigenvalue weighted by Crippen LogP contribution is -2.44. The molecule has 2 heterocycles. The smallest absolute Gasteiger partial charge is 0.285 e. The highest BCUT2D eigenvalue weighted by Gasteiger charge is 2.35. The van der Waals surface area contributed by atoms with Gasteiger partial charge in [-0.2, -0.15) is 0 Å². The minimum absolute atomic E-state index is 0.00889. The Hall–Kier alpha value is -3.01. The van der Waals surface area contributed by atoms with Crippen LogP contribution in [-0.2, 0) is 21.2 Å². The molecule has 1 atom stereocenters. The average Bonchev–Trinajstić information content (AvgIpc) is 2.97. The van der Waals surface area contributed by atoms with Crippen LogP contribution in [-0.4, -0.2) is 41.4 Å². The average molecular weight is 391 g/mol. The van der Waals surface area contributed by atoms with Crippen molar-refractivity contribution in [2.24, 2.45) is 0 Å². The molecule has 1 fully saturated rings. The maximum atomic E-state index is 12.9. The van der Waals surface area contributed by atoms with Crippen molar-refractivity contribution in [1.29, 1.82) is 0 Å². The Morgan fingerprint density at radius 2 is 1.93 bits per heavy atom. The zero-order valence-electron chi connectivity index (χ0n) is 14.2. The van der Waals surface area contributed by atoms with E-state index < -0.39 is 38.8 Å². The van der Waals surface area contributed by atoms with Crippen LogP contribution >= 0.6 is 0 Å². The largest absolute Gasteiger partial charge is 0.307 e. The second-order valence-electron chi connectivity index (χ2n) is 6.27. The first-order chi connectivity index (χ1) is 12.8. The van der Waals surface area contributed by atoms with Crippen molar-refractivity contribution in [3.05, 3.63) is 69.1 Å². The number of nitrogens with zero attached hydrogens (tertiary/aromatic N) is 3. The van der Waals surface area contributed by atoms with Crippen LogP contribution in [0.2, 0.25) is 0 Å². The van der Waals surface area contributed by atoms with Crippen LogP contribution in [0, 0.1) is 10.1 Å². The first kappa shape index (κ1) is 18.8. The van der Waals surface area contributed by atoms with Crippen molar-refractivity contribution in [2.75, 3.05) is 16.4 Å². The van der Waals surface area contributed by atoms with Crippen LogP contribution in [0.25, 0.3) is 0 Å². The van der Waals surface area contributed by atoms with E-state index in [9.17, 15) is 28.1 Å².